The van der Waals surface area contributed by atoms with Crippen molar-refractivity contribution >= 4 is 0 Å². The molecule has 2 heteroatoms. The lowest BCUT2D eigenvalue weighted by Gasteiger charge is -2.46. The molecule has 0 aromatic rings. The molecule has 1 saturated carbocycles. The largest absolute Gasteiger partial charge is 0.381 e. The van der Waals surface area contributed by atoms with Crippen LogP contribution < -0.4 is 5.32 Å². The van der Waals surface area contributed by atoms with E-state index >= 15 is 0 Å². The number of rotatable bonds is 3. The van der Waals surface area contributed by atoms with E-state index in [1.54, 1.807) is 0 Å². The van der Waals surface area contributed by atoms with Crippen LogP contribution in [0.4, 0.5) is 0 Å². The minimum atomic E-state index is 0.503. The van der Waals surface area contributed by atoms with Crippen LogP contribution >= 0.6 is 0 Å². The van der Waals surface area contributed by atoms with Gasteiger partial charge in [-0.2, -0.15) is 0 Å². The van der Waals surface area contributed by atoms with Gasteiger partial charge >= 0.3 is 0 Å². The predicted octanol–water partition coefficient (Wildman–Crippen LogP) is 3.22. The van der Waals surface area contributed by atoms with E-state index in [0.717, 1.165) is 25.0 Å². The first kappa shape index (κ1) is 13.4. The van der Waals surface area contributed by atoms with Gasteiger partial charge in [-0.25, -0.2) is 0 Å². The minimum absolute atomic E-state index is 0.503. The van der Waals surface area contributed by atoms with E-state index in [1.165, 1.54) is 38.5 Å². The summed E-state index contributed by atoms with van der Waals surface area (Å²) in [5.74, 6) is 1.56. The summed E-state index contributed by atoms with van der Waals surface area (Å²) >= 11 is 0. The van der Waals surface area contributed by atoms with Crippen molar-refractivity contribution in [3.8, 4) is 0 Å². The molecule has 2 rings (SSSR count). The molecule has 1 N–H and O–H groups in total. The molecule has 1 aliphatic carbocycles. The Morgan fingerprint density at radius 2 is 2.00 bits per heavy atom. The van der Waals surface area contributed by atoms with Crippen molar-refractivity contribution < 1.29 is 4.74 Å². The summed E-state index contributed by atoms with van der Waals surface area (Å²) in [6.07, 6.45) is 8.22. The second kappa shape index (κ2) is 5.71. The number of ether oxygens (including phenoxy) is 1. The van der Waals surface area contributed by atoms with Crippen LogP contribution in [0.2, 0.25) is 0 Å². The molecule has 2 nitrogen and oxygen atoms in total. The Labute approximate surface area is 107 Å². The second-order valence-corrected chi connectivity index (χ2v) is 6.63. The summed E-state index contributed by atoms with van der Waals surface area (Å²) in [6.45, 7) is 6.87. The van der Waals surface area contributed by atoms with Crippen LogP contribution in [-0.2, 0) is 4.74 Å². The fourth-order valence-corrected chi connectivity index (χ4v) is 4.00. The predicted molar refractivity (Wildman–Crippen MR) is 72.1 cm³/mol. The molecular weight excluding hydrogens is 210 g/mol. The first-order valence-electron chi connectivity index (χ1n) is 7.40. The molecule has 0 aromatic carbocycles. The highest BCUT2D eigenvalue weighted by Crippen LogP contribution is 2.44. The fourth-order valence-electron chi connectivity index (χ4n) is 4.00. The summed E-state index contributed by atoms with van der Waals surface area (Å²) in [7, 11) is 2.14. The molecule has 0 radical (unpaired) electrons. The second-order valence-electron chi connectivity index (χ2n) is 6.63. The van der Waals surface area contributed by atoms with E-state index in [-0.39, 0.29) is 0 Å². The van der Waals surface area contributed by atoms with E-state index in [9.17, 15) is 0 Å². The number of hydrogen-bond donors (Lipinski definition) is 1. The van der Waals surface area contributed by atoms with Crippen molar-refractivity contribution in [2.75, 3.05) is 20.3 Å². The Morgan fingerprint density at radius 3 is 2.59 bits per heavy atom. The van der Waals surface area contributed by atoms with E-state index < -0.39 is 0 Å². The Balaban J connectivity index is 2.04. The van der Waals surface area contributed by atoms with E-state index in [1.807, 2.05) is 0 Å². The molecule has 0 aromatic heterocycles. The van der Waals surface area contributed by atoms with Gasteiger partial charge in [-0.05, 0) is 50.0 Å². The SMILES string of the molecule is CNC(C1CCCOC1)C1CCCCC1(C)C. The third-order valence-electron chi connectivity index (χ3n) is 5.06. The molecule has 0 spiro atoms. The molecule has 1 heterocycles. The standard InChI is InChI=1S/C15H29NO/c1-15(2)9-5-4-8-13(15)14(16-3)12-7-6-10-17-11-12/h12-14,16H,4-11H2,1-3H3. The minimum Gasteiger partial charge on any atom is -0.381 e. The summed E-state index contributed by atoms with van der Waals surface area (Å²) in [5, 5.41) is 3.62. The van der Waals surface area contributed by atoms with Crippen molar-refractivity contribution in [3.63, 3.8) is 0 Å². The zero-order valence-electron chi connectivity index (χ0n) is 11.8. The van der Waals surface area contributed by atoms with Crippen LogP contribution in [0.15, 0.2) is 0 Å². The maximum Gasteiger partial charge on any atom is 0.0509 e. The van der Waals surface area contributed by atoms with Gasteiger partial charge in [0.1, 0.15) is 0 Å². The maximum absolute atomic E-state index is 5.68. The molecule has 2 fully saturated rings. The third-order valence-corrected chi connectivity index (χ3v) is 5.06. The molecule has 1 saturated heterocycles. The highest BCUT2D eigenvalue weighted by molar-refractivity contribution is 4.93. The van der Waals surface area contributed by atoms with E-state index in [2.05, 4.69) is 26.2 Å². The molecule has 0 amide bonds. The number of hydrogen-bond acceptors (Lipinski definition) is 2. The normalized spacial score (nSPS) is 35.5. The molecule has 0 bridgehead atoms. The average molecular weight is 239 g/mol. The van der Waals surface area contributed by atoms with Crippen LogP contribution in [0.5, 0.6) is 0 Å². The van der Waals surface area contributed by atoms with Crippen molar-refractivity contribution in [2.45, 2.75) is 58.4 Å². The zero-order chi connectivity index (χ0) is 12.3. The van der Waals surface area contributed by atoms with Crippen LogP contribution in [-0.4, -0.2) is 26.3 Å². The van der Waals surface area contributed by atoms with Crippen LogP contribution in [0.3, 0.4) is 0 Å². The Morgan fingerprint density at radius 1 is 1.18 bits per heavy atom. The van der Waals surface area contributed by atoms with Gasteiger partial charge in [-0.3, -0.25) is 0 Å². The fraction of sp³-hybridized carbons (Fsp3) is 1.00. The zero-order valence-corrected chi connectivity index (χ0v) is 11.8. The van der Waals surface area contributed by atoms with Gasteiger partial charge in [0, 0.05) is 12.6 Å². The molecule has 100 valence electrons. The highest BCUT2D eigenvalue weighted by Gasteiger charge is 2.40. The molecular formula is C15H29NO. The number of nitrogens with one attached hydrogen (secondary N) is 1. The van der Waals surface area contributed by atoms with Gasteiger partial charge in [-0.15, -0.1) is 0 Å². The topological polar surface area (TPSA) is 21.3 Å². The quantitative estimate of drug-likeness (QED) is 0.816. The monoisotopic (exact) mass is 239 g/mol. The van der Waals surface area contributed by atoms with E-state index in [0.29, 0.717) is 11.5 Å². The van der Waals surface area contributed by atoms with Crippen molar-refractivity contribution in [1.29, 1.82) is 0 Å². The first-order valence-corrected chi connectivity index (χ1v) is 7.40. The summed E-state index contributed by atoms with van der Waals surface area (Å²) < 4.78 is 5.68. The third kappa shape index (κ3) is 3.03. The van der Waals surface area contributed by atoms with Crippen LogP contribution in [0.25, 0.3) is 0 Å². The molecule has 1 aliphatic heterocycles. The molecule has 17 heavy (non-hydrogen) atoms. The van der Waals surface area contributed by atoms with Crippen molar-refractivity contribution in [1.82, 2.24) is 5.32 Å². The molecule has 3 unspecified atom stereocenters. The molecule has 2 aliphatic rings. The van der Waals surface area contributed by atoms with E-state index in [4.69, 9.17) is 4.74 Å². The van der Waals surface area contributed by atoms with Gasteiger partial charge in [0.15, 0.2) is 0 Å². The average Bonchev–Trinajstić information content (AvgIpc) is 2.33. The van der Waals surface area contributed by atoms with Gasteiger partial charge in [0.25, 0.3) is 0 Å². The van der Waals surface area contributed by atoms with Gasteiger partial charge < -0.3 is 10.1 Å². The highest BCUT2D eigenvalue weighted by atomic mass is 16.5. The van der Waals surface area contributed by atoms with Crippen molar-refractivity contribution in [3.05, 3.63) is 0 Å². The lowest BCUT2D eigenvalue weighted by molar-refractivity contribution is 0.00154. The summed E-state index contributed by atoms with van der Waals surface area (Å²) in [6, 6.07) is 0.658. The van der Waals surface area contributed by atoms with Crippen LogP contribution in [0.1, 0.15) is 52.4 Å². The summed E-state index contributed by atoms with van der Waals surface area (Å²) in [5.41, 5.74) is 0.503. The first-order chi connectivity index (χ1) is 8.15. The Hall–Kier alpha value is -0.0800. The van der Waals surface area contributed by atoms with Crippen molar-refractivity contribution in [2.24, 2.45) is 17.3 Å². The Kier molecular flexibility index (Phi) is 4.48. The van der Waals surface area contributed by atoms with Gasteiger partial charge in [-0.1, -0.05) is 26.7 Å². The smallest absolute Gasteiger partial charge is 0.0509 e. The maximum atomic E-state index is 5.68. The van der Waals surface area contributed by atoms with Gasteiger partial charge in [0.05, 0.1) is 6.61 Å². The lowest BCUT2D eigenvalue weighted by Crippen LogP contribution is -2.49. The van der Waals surface area contributed by atoms with Crippen LogP contribution in [0, 0.1) is 17.3 Å². The summed E-state index contributed by atoms with van der Waals surface area (Å²) in [4.78, 5) is 0. The lowest BCUT2D eigenvalue weighted by atomic mass is 9.63. The Bertz CT molecular complexity index is 233. The van der Waals surface area contributed by atoms with Gasteiger partial charge in [0.2, 0.25) is 0 Å². The molecule has 3 atom stereocenters.